The van der Waals surface area contributed by atoms with Crippen molar-refractivity contribution in [3.8, 4) is 5.75 Å². The predicted molar refractivity (Wildman–Crippen MR) is 50.1 cm³/mol. The summed E-state index contributed by atoms with van der Waals surface area (Å²) in [7, 11) is 0. The molecule has 0 saturated carbocycles. The van der Waals surface area contributed by atoms with Crippen molar-refractivity contribution in [1.82, 2.24) is 0 Å². The number of ether oxygens (including phenoxy) is 1. The first kappa shape index (κ1) is 13.1. The van der Waals surface area contributed by atoms with Crippen molar-refractivity contribution in [1.29, 1.82) is 0 Å². The fourth-order valence-electron chi connectivity index (χ4n) is 1.14. The van der Waals surface area contributed by atoms with E-state index in [1.807, 2.05) is 0 Å². The molecule has 0 radical (unpaired) electrons. The Hall–Kier alpha value is -1.96. The number of aliphatic carboxylic acids is 1. The molecule has 1 aromatic carbocycles. The maximum absolute atomic E-state index is 11.9. The van der Waals surface area contributed by atoms with Gasteiger partial charge in [0, 0.05) is 11.8 Å². The number of anilines is 1. The van der Waals surface area contributed by atoms with Crippen LogP contribution in [0.1, 0.15) is 11.7 Å². The number of hydrogen-bond acceptors (Lipinski definition) is 4. The summed E-state index contributed by atoms with van der Waals surface area (Å²) in [6.45, 7) is 0. The third-order valence-corrected chi connectivity index (χ3v) is 1.73. The molecule has 1 unspecified atom stereocenters. The van der Waals surface area contributed by atoms with Gasteiger partial charge >= 0.3 is 12.3 Å². The van der Waals surface area contributed by atoms with Gasteiger partial charge in [-0.05, 0) is 17.7 Å². The van der Waals surface area contributed by atoms with E-state index in [9.17, 15) is 18.0 Å². The highest BCUT2D eigenvalue weighted by Gasteiger charge is 2.31. The number of nitrogens with two attached hydrogens (primary N) is 1. The average molecular weight is 251 g/mol. The van der Waals surface area contributed by atoms with Crippen LogP contribution in [0.2, 0.25) is 0 Å². The van der Waals surface area contributed by atoms with Crippen LogP contribution in [0, 0.1) is 0 Å². The van der Waals surface area contributed by atoms with Gasteiger partial charge in [-0.15, -0.1) is 13.2 Å². The van der Waals surface area contributed by atoms with Gasteiger partial charge in [-0.3, -0.25) is 0 Å². The van der Waals surface area contributed by atoms with E-state index in [1.165, 1.54) is 0 Å². The molecule has 0 aromatic heterocycles. The Balaban J connectivity index is 3.06. The van der Waals surface area contributed by atoms with Crippen LogP contribution in [0.25, 0.3) is 0 Å². The van der Waals surface area contributed by atoms with Crippen LogP contribution < -0.4 is 10.5 Å². The van der Waals surface area contributed by atoms with Crippen molar-refractivity contribution in [2.45, 2.75) is 12.5 Å². The molecule has 0 aliphatic rings. The molecular formula is C9H8F3NO4. The number of hydrogen-bond donors (Lipinski definition) is 3. The number of rotatable bonds is 3. The zero-order valence-electron chi connectivity index (χ0n) is 8.23. The molecular weight excluding hydrogens is 243 g/mol. The quantitative estimate of drug-likeness (QED) is 0.704. The average Bonchev–Trinajstić information content (AvgIpc) is 2.12. The van der Waals surface area contributed by atoms with E-state index < -0.39 is 24.2 Å². The smallest absolute Gasteiger partial charge is 0.479 e. The van der Waals surface area contributed by atoms with Crippen molar-refractivity contribution in [3.63, 3.8) is 0 Å². The van der Waals surface area contributed by atoms with Crippen LogP contribution in [0.15, 0.2) is 18.2 Å². The molecule has 17 heavy (non-hydrogen) atoms. The number of carboxylic acids is 1. The fraction of sp³-hybridized carbons (Fsp3) is 0.222. The molecule has 94 valence electrons. The Morgan fingerprint density at radius 2 is 1.94 bits per heavy atom. The largest absolute Gasteiger partial charge is 0.573 e. The number of alkyl halides is 3. The molecule has 1 rings (SSSR count). The molecule has 0 saturated heterocycles. The Labute approximate surface area is 93.2 Å². The van der Waals surface area contributed by atoms with Gasteiger partial charge in [-0.2, -0.15) is 0 Å². The van der Waals surface area contributed by atoms with Crippen LogP contribution in [-0.2, 0) is 4.79 Å². The molecule has 0 bridgehead atoms. The third-order valence-electron chi connectivity index (χ3n) is 1.73. The van der Waals surface area contributed by atoms with Crippen LogP contribution >= 0.6 is 0 Å². The van der Waals surface area contributed by atoms with Gasteiger partial charge in [-0.25, -0.2) is 4.79 Å². The number of benzene rings is 1. The van der Waals surface area contributed by atoms with E-state index in [2.05, 4.69) is 4.74 Å². The second-order valence-electron chi connectivity index (χ2n) is 3.12. The minimum Gasteiger partial charge on any atom is -0.479 e. The summed E-state index contributed by atoms with van der Waals surface area (Å²) in [4.78, 5) is 10.5. The number of halogens is 3. The Morgan fingerprint density at radius 3 is 2.41 bits per heavy atom. The second kappa shape index (κ2) is 4.50. The van der Waals surface area contributed by atoms with Crippen LogP contribution in [0.4, 0.5) is 18.9 Å². The van der Waals surface area contributed by atoms with Gasteiger partial charge in [0.25, 0.3) is 0 Å². The van der Waals surface area contributed by atoms with Crippen LogP contribution in [0.3, 0.4) is 0 Å². The highest BCUT2D eigenvalue weighted by molar-refractivity contribution is 5.74. The maximum atomic E-state index is 11.9. The summed E-state index contributed by atoms with van der Waals surface area (Å²) >= 11 is 0. The first-order valence-electron chi connectivity index (χ1n) is 4.26. The molecule has 0 spiro atoms. The first-order valence-corrected chi connectivity index (χ1v) is 4.26. The minimum absolute atomic E-state index is 0.151. The van der Waals surface area contributed by atoms with E-state index in [0.717, 1.165) is 18.2 Å². The molecule has 0 amide bonds. The summed E-state index contributed by atoms with van der Waals surface area (Å²) in [6.07, 6.45) is -6.88. The lowest BCUT2D eigenvalue weighted by atomic mass is 10.1. The first-order chi connectivity index (χ1) is 7.69. The molecule has 0 fully saturated rings. The highest BCUT2D eigenvalue weighted by atomic mass is 19.4. The lowest BCUT2D eigenvalue weighted by molar-refractivity contribution is -0.274. The van der Waals surface area contributed by atoms with Gasteiger partial charge in [0.05, 0.1) is 0 Å². The lowest BCUT2D eigenvalue weighted by Gasteiger charge is -2.12. The standard InChI is InChI=1S/C9H8F3NO4/c10-9(11,12)17-6-2-4(1-5(13)3-6)7(14)8(15)16/h1-3,7,14H,13H2,(H,15,16). The van der Waals surface area contributed by atoms with Crippen molar-refractivity contribution in [3.05, 3.63) is 23.8 Å². The molecule has 1 atom stereocenters. The summed E-state index contributed by atoms with van der Waals surface area (Å²) in [5.74, 6) is -2.29. The SMILES string of the molecule is Nc1cc(OC(F)(F)F)cc(C(O)C(=O)O)c1. The lowest BCUT2D eigenvalue weighted by Crippen LogP contribution is -2.18. The predicted octanol–water partition coefficient (Wildman–Crippen LogP) is 1.29. The maximum Gasteiger partial charge on any atom is 0.573 e. The normalized spacial score (nSPS) is 13.2. The topological polar surface area (TPSA) is 92.8 Å². The van der Waals surface area contributed by atoms with E-state index in [0.29, 0.717) is 0 Å². The zero-order chi connectivity index (χ0) is 13.2. The van der Waals surface area contributed by atoms with Crippen LogP contribution in [-0.4, -0.2) is 22.5 Å². The monoisotopic (exact) mass is 251 g/mol. The number of nitrogen functional groups attached to an aromatic ring is 1. The van der Waals surface area contributed by atoms with Crippen molar-refractivity contribution >= 4 is 11.7 Å². The van der Waals surface area contributed by atoms with Crippen molar-refractivity contribution in [2.24, 2.45) is 0 Å². The Morgan fingerprint density at radius 1 is 1.35 bits per heavy atom. The van der Waals surface area contributed by atoms with Gasteiger partial charge in [0.1, 0.15) is 5.75 Å². The summed E-state index contributed by atoms with van der Waals surface area (Å²) in [5, 5.41) is 17.6. The van der Waals surface area contributed by atoms with Gasteiger partial charge in [0.15, 0.2) is 6.10 Å². The zero-order valence-corrected chi connectivity index (χ0v) is 8.23. The molecule has 4 N–H and O–H groups in total. The van der Waals surface area contributed by atoms with Crippen molar-refractivity contribution < 1.29 is 32.9 Å². The summed E-state index contributed by atoms with van der Waals surface area (Å²) < 4.78 is 39.3. The van der Waals surface area contributed by atoms with Gasteiger partial charge in [-0.1, -0.05) is 0 Å². The minimum atomic E-state index is -4.92. The molecule has 0 heterocycles. The second-order valence-corrected chi connectivity index (χ2v) is 3.12. The fourth-order valence-corrected chi connectivity index (χ4v) is 1.14. The molecule has 0 aliphatic heterocycles. The Bertz CT molecular complexity index is 433. The van der Waals surface area contributed by atoms with Crippen molar-refractivity contribution in [2.75, 3.05) is 5.73 Å². The van der Waals surface area contributed by atoms with Gasteiger partial charge in [0.2, 0.25) is 0 Å². The van der Waals surface area contributed by atoms with E-state index in [1.54, 1.807) is 0 Å². The molecule has 5 nitrogen and oxygen atoms in total. The molecule has 0 aliphatic carbocycles. The third kappa shape index (κ3) is 3.83. The number of carbonyl (C=O) groups is 1. The van der Waals surface area contributed by atoms with E-state index in [-0.39, 0.29) is 11.3 Å². The number of aliphatic hydroxyl groups is 1. The van der Waals surface area contributed by atoms with E-state index in [4.69, 9.17) is 15.9 Å². The Kier molecular flexibility index (Phi) is 3.47. The molecule has 8 heteroatoms. The highest BCUT2D eigenvalue weighted by Crippen LogP contribution is 2.28. The van der Waals surface area contributed by atoms with Crippen LogP contribution in [0.5, 0.6) is 5.75 Å². The van der Waals surface area contributed by atoms with E-state index >= 15 is 0 Å². The molecule has 1 aromatic rings. The summed E-state index contributed by atoms with van der Waals surface area (Å²) in [6, 6.07) is 2.66. The number of carboxylic acid groups (broad SMARTS) is 1. The number of aliphatic hydroxyl groups excluding tert-OH is 1. The summed E-state index contributed by atoms with van der Waals surface area (Å²) in [5.41, 5.74) is 4.82. The van der Waals surface area contributed by atoms with Gasteiger partial charge < -0.3 is 20.7 Å².